The van der Waals surface area contributed by atoms with Gasteiger partial charge in [-0.15, -0.1) is 0 Å². The molecule has 8 nitrogen and oxygen atoms in total. The molecule has 0 saturated heterocycles. The average Bonchev–Trinajstić information content (AvgIpc) is 2.98. The maximum Gasteiger partial charge on any atom is 0.410 e. The molecule has 0 bridgehead atoms. The number of aliphatic imine (C=N–C) groups is 1. The molecule has 2 aromatic carbocycles. The number of benzene rings is 2. The van der Waals surface area contributed by atoms with Gasteiger partial charge in [-0.25, -0.2) is 4.79 Å². The van der Waals surface area contributed by atoms with Gasteiger partial charge in [0.1, 0.15) is 5.60 Å². The summed E-state index contributed by atoms with van der Waals surface area (Å²) < 4.78 is 6.32. The molecule has 3 amide bonds. The van der Waals surface area contributed by atoms with E-state index in [-0.39, 0.29) is 31.4 Å². The summed E-state index contributed by atoms with van der Waals surface area (Å²) in [5, 5.41) is 0. The molecule has 1 aliphatic rings. The quantitative estimate of drug-likeness (QED) is 0.341. The number of carbonyl (C=O) groups excluding carboxylic acids is 3. The van der Waals surface area contributed by atoms with Crippen LogP contribution in [0.2, 0.25) is 0 Å². The van der Waals surface area contributed by atoms with Crippen molar-refractivity contribution in [1.82, 2.24) is 9.80 Å². The monoisotopic (exact) mass is 514 g/mol. The highest BCUT2D eigenvalue weighted by molar-refractivity contribution is 9.10. The first-order valence-corrected chi connectivity index (χ1v) is 11.3. The molecule has 0 aliphatic carbocycles. The van der Waals surface area contributed by atoms with Crippen molar-refractivity contribution in [2.24, 2.45) is 4.99 Å². The molecule has 3 rings (SSSR count). The van der Waals surface area contributed by atoms with E-state index < -0.39 is 11.7 Å². The van der Waals surface area contributed by atoms with Gasteiger partial charge >= 0.3 is 6.09 Å². The van der Waals surface area contributed by atoms with E-state index in [4.69, 9.17) is 10.5 Å². The minimum Gasteiger partial charge on any atom is -0.444 e. The third-order valence-corrected chi connectivity index (χ3v) is 5.62. The number of nitrogens with zero attached hydrogens (tertiary/aromatic N) is 3. The van der Waals surface area contributed by atoms with Crippen molar-refractivity contribution in [3.63, 3.8) is 0 Å². The van der Waals surface area contributed by atoms with E-state index in [1.807, 2.05) is 12.1 Å². The Morgan fingerprint density at radius 3 is 2.30 bits per heavy atom. The van der Waals surface area contributed by atoms with Crippen molar-refractivity contribution in [2.75, 3.05) is 31.9 Å². The maximum absolute atomic E-state index is 12.8. The van der Waals surface area contributed by atoms with Crippen LogP contribution in [-0.4, -0.2) is 65.7 Å². The fourth-order valence-electron chi connectivity index (χ4n) is 3.31. The lowest BCUT2D eigenvalue weighted by molar-refractivity contribution is 0.0232. The number of halogens is 1. The molecule has 0 aromatic heterocycles. The van der Waals surface area contributed by atoms with Crippen molar-refractivity contribution >= 4 is 45.7 Å². The van der Waals surface area contributed by atoms with E-state index in [0.29, 0.717) is 23.4 Å². The summed E-state index contributed by atoms with van der Waals surface area (Å²) in [6.45, 7) is 6.07. The van der Waals surface area contributed by atoms with Crippen LogP contribution >= 0.6 is 15.9 Å². The molecule has 1 heterocycles. The minimum absolute atomic E-state index is 0.0620. The largest absolute Gasteiger partial charge is 0.444 e. The van der Waals surface area contributed by atoms with Gasteiger partial charge in [0.15, 0.2) is 0 Å². The Balaban J connectivity index is 1.67. The molecular formula is C24H27BrN4O4. The van der Waals surface area contributed by atoms with E-state index in [1.165, 1.54) is 4.90 Å². The lowest BCUT2D eigenvalue weighted by Crippen LogP contribution is -2.44. The zero-order chi connectivity index (χ0) is 24.2. The Morgan fingerprint density at radius 1 is 1.09 bits per heavy atom. The van der Waals surface area contributed by atoms with Gasteiger partial charge in [-0.05, 0) is 45.0 Å². The van der Waals surface area contributed by atoms with Crippen molar-refractivity contribution in [3.05, 3.63) is 63.6 Å². The Hall–Kier alpha value is -3.20. The third kappa shape index (κ3) is 5.98. The molecule has 9 heteroatoms. The van der Waals surface area contributed by atoms with Crippen molar-refractivity contribution in [2.45, 2.75) is 26.4 Å². The molecule has 0 atom stereocenters. The van der Waals surface area contributed by atoms with Gasteiger partial charge in [-0.1, -0.05) is 34.1 Å². The van der Waals surface area contributed by atoms with Crippen LogP contribution in [0.25, 0.3) is 0 Å². The number of anilines is 1. The lowest BCUT2D eigenvalue weighted by Gasteiger charge is -2.28. The molecule has 0 saturated carbocycles. The van der Waals surface area contributed by atoms with E-state index in [0.717, 1.165) is 14.9 Å². The maximum atomic E-state index is 12.8. The molecule has 174 valence electrons. The number of rotatable bonds is 7. The second-order valence-corrected chi connectivity index (χ2v) is 9.41. The predicted molar refractivity (Wildman–Crippen MR) is 131 cm³/mol. The zero-order valence-electron chi connectivity index (χ0n) is 18.9. The highest BCUT2D eigenvalue weighted by Gasteiger charge is 2.35. The summed E-state index contributed by atoms with van der Waals surface area (Å²) in [7, 11) is 0. The number of ether oxygens (including phenoxy) is 1. The number of hydrogen-bond acceptors (Lipinski definition) is 6. The van der Waals surface area contributed by atoms with Crippen LogP contribution in [0, 0.1) is 0 Å². The minimum atomic E-state index is -0.683. The number of amides is 3. The predicted octanol–water partition coefficient (Wildman–Crippen LogP) is 3.98. The zero-order valence-corrected chi connectivity index (χ0v) is 20.5. The highest BCUT2D eigenvalue weighted by Crippen LogP contribution is 2.22. The topological polar surface area (TPSA) is 105 Å². The van der Waals surface area contributed by atoms with Gasteiger partial charge in [-0.2, -0.15) is 0 Å². The Morgan fingerprint density at radius 2 is 1.73 bits per heavy atom. The van der Waals surface area contributed by atoms with Crippen LogP contribution in [0.1, 0.15) is 47.1 Å². The van der Waals surface area contributed by atoms with E-state index >= 15 is 0 Å². The molecule has 0 radical (unpaired) electrons. The van der Waals surface area contributed by atoms with Gasteiger partial charge < -0.3 is 15.4 Å². The fraction of sp³-hybridized carbons (Fsp3) is 0.333. The SMILES string of the molecule is CC(C)(C)OC(=O)N(CCN=Cc1c(N)cccc1Br)CCN1C(=O)c2ccccc2C1=O. The number of nitrogen functional groups attached to an aromatic ring is 1. The standard InChI is InChI=1S/C24H27BrN4O4/c1-24(2,3)33-23(32)28(12-11-27-15-18-19(25)9-6-10-20(18)26)13-14-29-21(30)16-7-4-5-8-17(16)22(29)31/h4-10,15H,11-14,26H2,1-3H3. The summed E-state index contributed by atoms with van der Waals surface area (Å²) in [6.07, 6.45) is 1.12. The van der Waals surface area contributed by atoms with Gasteiger partial charge in [0.2, 0.25) is 0 Å². The van der Waals surface area contributed by atoms with Crippen molar-refractivity contribution in [1.29, 1.82) is 0 Å². The summed E-state index contributed by atoms with van der Waals surface area (Å²) in [5.41, 5.74) is 7.40. The smallest absolute Gasteiger partial charge is 0.410 e. The fourth-order valence-corrected chi connectivity index (χ4v) is 3.79. The Kier molecular flexibility index (Phi) is 7.53. The molecule has 1 aliphatic heterocycles. The van der Waals surface area contributed by atoms with Crippen LogP contribution in [-0.2, 0) is 4.74 Å². The third-order valence-electron chi connectivity index (χ3n) is 4.93. The average molecular weight is 515 g/mol. The molecule has 0 fully saturated rings. The molecule has 2 aromatic rings. The van der Waals surface area contributed by atoms with Gasteiger partial charge in [0, 0.05) is 41.6 Å². The molecule has 2 N–H and O–H groups in total. The van der Waals surface area contributed by atoms with Crippen LogP contribution < -0.4 is 5.73 Å². The first kappa shape index (κ1) is 24.4. The molecular weight excluding hydrogens is 488 g/mol. The summed E-state index contributed by atoms with van der Waals surface area (Å²) in [5.74, 6) is -0.718. The highest BCUT2D eigenvalue weighted by atomic mass is 79.9. The molecule has 33 heavy (non-hydrogen) atoms. The van der Waals surface area contributed by atoms with Crippen molar-refractivity contribution in [3.8, 4) is 0 Å². The van der Waals surface area contributed by atoms with Gasteiger partial charge in [0.05, 0.1) is 17.7 Å². The Labute approximate surface area is 201 Å². The Bertz CT molecular complexity index is 1040. The van der Waals surface area contributed by atoms with Gasteiger partial charge in [0.25, 0.3) is 11.8 Å². The normalized spacial score (nSPS) is 13.5. The number of nitrogens with two attached hydrogens (primary N) is 1. The number of fused-ring (bicyclic) bond motifs is 1. The summed E-state index contributed by atoms with van der Waals surface area (Å²) >= 11 is 3.45. The van der Waals surface area contributed by atoms with E-state index in [2.05, 4.69) is 20.9 Å². The first-order chi connectivity index (χ1) is 15.6. The van der Waals surface area contributed by atoms with Crippen LogP contribution in [0.15, 0.2) is 51.9 Å². The second kappa shape index (κ2) is 10.2. The summed E-state index contributed by atoms with van der Waals surface area (Å²) in [6, 6.07) is 12.2. The van der Waals surface area contributed by atoms with Crippen LogP contribution in [0.3, 0.4) is 0 Å². The van der Waals surface area contributed by atoms with Crippen molar-refractivity contribution < 1.29 is 19.1 Å². The summed E-state index contributed by atoms with van der Waals surface area (Å²) in [4.78, 5) is 45.0. The van der Waals surface area contributed by atoms with Crippen LogP contribution in [0.4, 0.5) is 10.5 Å². The molecule has 0 spiro atoms. The van der Waals surface area contributed by atoms with Gasteiger partial charge in [-0.3, -0.25) is 19.5 Å². The second-order valence-electron chi connectivity index (χ2n) is 8.55. The molecule has 0 unspecified atom stereocenters. The number of carbonyl (C=O) groups is 3. The number of hydrogen-bond donors (Lipinski definition) is 1. The number of imide groups is 1. The first-order valence-electron chi connectivity index (χ1n) is 10.6. The van der Waals surface area contributed by atoms with Crippen LogP contribution in [0.5, 0.6) is 0 Å². The lowest BCUT2D eigenvalue weighted by atomic mass is 10.1. The van der Waals surface area contributed by atoms with E-state index in [1.54, 1.807) is 57.3 Å². The van der Waals surface area contributed by atoms with E-state index in [9.17, 15) is 14.4 Å².